The third-order valence-electron chi connectivity index (χ3n) is 5.55. The number of ether oxygens (including phenoxy) is 2. The molecule has 0 unspecified atom stereocenters. The highest BCUT2D eigenvalue weighted by Gasteiger charge is 2.37. The molecule has 0 aliphatic carbocycles. The molecule has 0 saturated carbocycles. The fourth-order valence-corrected chi connectivity index (χ4v) is 3.92. The van der Waals surface area contributed by atoms with Crippen LogP contribution in [0.4, 0.5) is 0 Å². The molecule has 3 heterocycles. The van der Waals surface area contributed by atoms with Crippen LogP contribution in [0.1, 0.15) is 39.4 Å². The molecule has 29 heavy (non-hydrogen) atoms. The van der Waals surface area contributed by atoms with E-state index in [-0.39, 0.29) is 17.6 Å². The number of nitrogens with two attached hydrogens (primary N) is 1. The monoisotopic (exact) mass is 399 g/mol. The Morgan fingerprint density at radius 2 is 1.83 bits per heavy atom. The topological polar surface area (TPSA) is 103 Å². The van der Waals surface area contributed by atoms with Gasteiger partial charge in [0.05, 0.1) is 19.9 Å². The highest BCUT2D eigenvalue weighted by Crippen LogP contribution is 2.28. The van der Waals surface area contributed by atoms with Gasteiger partial charge in [-0.3, -0.25) is 9.80 Å². The lowest BCUT2D eigenvalue weighted by Gasteiger charge is -2.40. The van der Waals surface area contributed by atoms with Crippen LogP contribution in [0.5, 0.6) is 5.75 Å². The van der Waals surface area contributed by atoms with E-state index in [0.717, 1.165) is 25.9 Å². The molecular weight excluding hydrogens is 374 g/mol. The summed E-state index contributed by atoms with van der Waals surface area (Å²) < 4.78 is 11.6. The van der Waals surface area contributed by atoms with E-state index in [4.69, 9.17) is 15.2 Å². The predicted molar refractivity (Wildman–Crippen MR) is 105 cm³/mol. The lowest BCUT2D eigenvalue weighted by atomic mass is 10.0. The maximum atomic E-state index is 13.5. The van der Waals surface area contributed by atoms with Crippen LogP contribution in [-0.2, 0) is 11.2 Å². The van der Waals surface area contributed by atoms with Crippen molar-refractivity contribution in [3.8, 4) is 11.4 Å². The number of amides is 1. The van der Waals surface area contributed by atoms with E-state index < -0.39 is 5.97 Å². The maximum Gasteiger partial charge on any atom is 0.358 e. The van der Waals surface area contributed by atoms with Gasteiger partial charge in [0.15, 0.2) is 5.69 Å². The molecule has 4 rings (SSSR count). The van der Waals surface area contributed by atoms with Crippen molar-refractivity contribution in [2.24, 2.45) is 5.73 Å². The number of hydrogen-bond acceptors (Lipinski definition) is 7. The minimum absolute atomic E-state index is 0.166. The Kier molecular flexibility index (Phi) is 5.25. The van der Waals surface area contributed by atoms with Crippen LogP contribution >= 0.6 is 0 Å². The molecule has 2 aliphatic heterocycles. The van der Waals surface area contributed by atoms with E-state index in [9.17, 15) is 9.59 Å². The number of nitrogens with zero attached hydrogens (tertiary/aromatic N) is 4. The minimum Gasteiger partial charge on any atom is -0.497 e. The van der Waals surface area contributed by atoms with Crippen molar-refractivity contribution >= 4 is 11.9 Å². The molecule has 9 nitrogen and oxygen atoms in total. The second-order valence-electron chi connectivity index (χ2n) is 7.25. The van der Waals surface area contributed by atoms with Crippen molar-refractivity contribution in [2.45, 2.75) is 25.3 Å². The van der Waals surface area contributed by atoms with Crippen molar-refractivity contribution < 1.29 is 19.1 Å². The Morgan fingerprint density at radius 3 is 2.45 bits per heavy atom. The van der Waals surface area contributed by atoms with E-state index in [1.165, 1.54) is 11.8 Å². The zero-order valence-corrected chi connectivity index (χ0v) is 16.6. The lowest BCUT2D eigenvalue weighted by molar-refractivity contribution is -0.0268. The maximum absolute atomic E-state index is 13.5. The molecule has 9 heteroatoms. The largest absolute Gasteiger partial charge is 0.497 e. The van der Waals surface area contributed by atoms with Gasteiger partial charge in [-0.2, -0.15) is 5.10 Å². The molecule has 1 saturated heterocycles. The number of benzene rings is 1. The van der Waals surface area contributed by atoms with Gasteiger partial charge in [0.25, 0.3) is 5.91 Å². The van der Waals surface area contributed by atoms with Crippen LogP contribution in [-0.4, -0.2) is 71.6 Å². The third-order valence-corrected chi connectivity index (χ3v) is 5.55. The number of hydrogen-bond donors (Lipinski definition) is 1. The molecule has 1 aromatic carbocycles. The smallest absolute Gasteiger partial charge is 0.358 e. The molecule has 1 fully saturated rings. The summed E-state index contributed by atoms with van der Waals surface area (Å²) in [6.45, 7) is 1.98. The van der Waals surface area contributed by atoms with E-state index in [1.807, 2.05) is 0 Å². The Labute approximate surface area is 168 Å². The van der Waals surface area contributed by atoms with Gasteiger partial charge in [-0.05, 0) is 43.5 Å². The van der Waals surface area contributed by atoms with Gasteiger partial charge in [-0.1, -0.05) is 0 Å². The fourth-order valence-electron chi connectivity index (χ4n) is 3.92. The third kappa shape index (κ3) is 3.47. The van der Waals surface area contributed by atoms with E-state index in [0.29, 0.717) is 35.7 Å². The number of carbonyl (C=O) groups excluding carboxylic acids is 2. The molecule has 154 valence electrons. The van der Waals surface area contributed by atoms with Crippen molar-refractivity contribution in [1.29, 1.82) is 0 Å². The number of carbonyl (C=O) groups is 2. The molecule has 2 aromatic rings. The van der Waals surface area contributed by atoms with Gasteiger partial charge < -0.3 is 15.2 Å². The highest BCUT2D eigenvalue weighted by molar-refractivity contribution is 6.00. The Balaban J connectivity index is 1.74. The van der Waals surface area contributed by atoms with Gasteiger partial charge in [0.1, 0.15) is 11.4 Å². The van der Waals surface area contributed by atoms with E-state index in [1.54, 1.807) is 36.4 Å². The van der Waals surface area contributed by atoms with Crippen LogP contribution in [0.3, 0.4) is 0 Å². The van der Waals surface area contributed by atoms with Crippen LogP contribution < -0.4 is 10.5 Å². The van der Waals surface area contributed by atoms with Crippen molar-refractivity contribution in [3.05, 3.63) is 41.2 Å². The summed E-state index contributed by atoms with van der Waals surface area (Å²) in [6.07, 6.45) is 2.23. The molecule has 0 radical (unpaired) electrons. The molecule has 1 aromatic heterocycles. The number of esters is 1. The fraction of sp³-hybridized carbons (Fsp3) is 0.450. The second kappa shape index (κ2) is 7.84. The molecule has 2 N–H and O–H groups in total. The first-order valence-electron chi connectivity index (χ1n) is 9.70. The van der Waals surface area contributed by atoms with Gasteiger partial charge in [0.2, 0.25) is 0 Å². The van der Waals surface area contributed by atoms with Gasteiger partial charge in [0, 0.05) is 31.2 Å². The summed E-state index contributed by atoms with van der Waals surface area (Å²) in [5.41, 5.74) is 7.90. The predicted octanol–water partition coefficient (Wildman–Crippen LogP) is 1.00. The van der Waals surface area contributed by atoms with Crippen LogP contribution in [0.2, 0.25) is 0 Å². The normalized spacial score (nSPS) is 17.9. The first-order valence-corrected chi connectivity index (χ1v) is 9.70. The van der Waals surface area contributed by atoms with Crippen molar-refractivity contribution in [3.63, 3.8) is 0 Å². The standard InChI is InChI=1S/C20H25N5O4/c1-28-15-5-3-14(4-6-15)25-18-16(17(22-25)20(27)29-2)9-12-24(19(18)26)23-10-7-13(21)8-11-23/h3-6,13H,7-12,21H2,1-2H3. The summed E-state index contributed by atoms with van der Waals surface area (Å²) in [7, 11) is 2.90. The van der Waals surface area contributed by atoms with Gasteiger partial charge in [-0.25, -0.2) is 14.5 Å². The van der Waals surface area contributed by atoms with E-state index in [2.05, 4.69) is 10.1 Å². The van der Waals surface area contributed by atoms with Gasteiger partial charge in [-0.15, -0.1) is 0 Å². The zero-order valence-electron chi connectivity index (χ0n) is 16.6. The first-order chi connectivity index (χ1) is 14.0. The summed E-state index contributed by atoms with van der Waals surface area (Å²) in [5, 5.41) is 8.26. The van der Waals surface area contributed by atoms with Gasteiger partial charge >= 0.3 is 5.97 Å². The number of piperidine rings is 1. The quantitative estimate of drug-likeness (QED) is 0.765. The van der Waals surface area contributed by atoms with Crippen molar-refractivity contribution in [1.82, 2.24) is 19.8 Å². The summed E-state index contributed by atoms with van der Waals surface area (Å²) in [6, 6.07) is 7.37. The minimum atomic E-state index is -0.543. The average molecular weight is 399 g/mol. The molecule has 0 spiro atoms. The zero-order chi connectivity index (χ0) is 20.5. The SMILES string of the molecule is COC(=O)c1nn(-c2ccc(OC)cc2)c2c1CCN(N1CCC(N)CC1)C2=O. The second-order valence-corrected chi connectivity index (χ2v) is 7.25. The lowest BCUT2D eigenvalue weighted by Crippen LogP contribution is -2.54. The average Bonchev–Trinajstić information content (AvgIpc) is 3.15. The van der Waals surface area contributed by atoms with Crippen molar-refractivity contribution in [2.75, 3.05) is 33.9 Å². The number of rotatable bonds is 4. The molecule has 0 atom stereocenters. The number of methoxy groups -OCH3 is 2. The number of aromatic nitrogens is 2. The number of fused-ring (bicyclic) bond motifs is 1. The highest BCUT2D eigenvalue weighted by atomic mass is 16.5. The first kappa shape index (κ1) is 19.4. The Hall–Kier alpha value is -2.91. The van der Waals surface area contributed by atoms with E-state index >= 15 is 0 Å². The van der Waals surface area contributed by atoms with Crippen LogP contribution in [0, 0.1) is 0 Å². The van der Waals surface area contributed by atoms with Crippen LogP contribution in [0.25, 0.3) is 5.69 Å². The van der Waals surface area contributed by atoms with Crippen LogP contribution in [0.15, 0.2) is 24.3 Å². The summed E-state index contributed by atoms with van der Waals surface area (Å²) >= 11 is 0. The molecule has 0 bridgehead atoms. The molecular formula is C20H25N5O4. The Bertz CT molecular complexity index is 916. The summed E-state index contributed by atoms with van der Waals surface area (Å²) in [4.78, 5) is 25.7. The molecule has 2 aliphatic rings. The molecule has 1 amide bonds. The summed E-state index contributed by atoms with van der Waals surface area (Å²) in [5.74, 6) is -0.0144. The number of hydrazine groups is 1. The Morgan fingerprint density at radius 1 is 1.14 bits per heavy atom.